The van der Waals surface area contributed by atoms with Crippen LogP contribution in [0.15, 0.2) is 9.72 Å². The lowest BCUT2D eigenvalue weighted by Gasteiger charge is -2.01. The number of aromatic nitrogens is 1. The Morgan fingerprint density at radius 1 is 1.56 bits per heavy atom. The summed E-state index contributed by atoms with van der Waals surface area (Å²) in [5, 5.41) is 10.3. The first-order chi connectivity index (χ1) is 8.61. The van der Waals surface area contributed by atoms with Crippen LogP contribution in [0.25, 0.3) is 0 Å². The van der Waals surface area contributed by atoms with Crippen molar-refractivity contribution in [1.29, 1.82) is 0 Å². The number of carboxylic acids is 1. The third-order valence-corrected chi connectivity index (χ3v) is 3.98. The Hall–Kier alpha value is -1.08. The normalized spacial score (nSPS) is 10.3. The first kappa shape index (κ1) is 15.0. The van der Waals surface area contributed by atoms with Crippen molar-refractivity contribution in [2.24, 2.45) is 0 Å². The van der Waals surface area contributed by atoms with Crippen LogP contribution in [0, 0.1) is 0 Å². The van der Waals surface area contributed by atoms with Gasteiger partial charge in [0.1, 0.15) is 0 Å². The molecule has 1 rings (SSSR count). The van der Waals surface area contributed by atoms with E-state index in [4.69, 9.17) is 9.84 Å². The van der Waals surface area contributed by atoms with Gasteiger partial charge in [0.25, 0.3) is 0 Å². The van der Waals surface area contributed by atoms with Crippen LogP contribution in [0.2, 0.25) is 0 Å². The van der Waals surface area contributed by atoms with Crippen molar-refractivity contribution in [2.45, 2.75) is 30.5 Å². The largest absolute Gasteiger partial charge is 0.481 e. The molecule has 0 spiro atoms. The molecule has 1 aromatic heterocycles. The van der Waals surface area contributed by atoms with E-state index in [0.717, 1.165) is 12.8 Å². The maximum atomic E-state index is 11.3. The van der Waals surface area contributed by atoms with E-state index in [1.165, 1.54) is 23.1 Å². The van der Waals surface area contributed by atoms with Crippen LogP contribution in [-0.2, 0) is 20.7 Å². The third kappa shape index (κ3) is 6.02. The van der Waals surface area contributed by atoms with Gasteiger partial charge in [-0.1, -0.05) is 25.1 Å². The summed E-state index contributed by atoms with van der Waals surface area (Å²) in [6, 6.07) is 0. The number of carbonyl (C=O) groups excluding carboxylic acids is 1. The van der Waals surface area contributed by atoms with Crippen LogP contribution in [-0.4, -0.2) is 34.4 Å². The molecule has 7 heteroatoms. The fourth-order valence-electron chi connectivity index (χ4n) is 1.08. The van der Waals surface area contributed by atoms with Crippen LogP contribution >= 0.6 is 23.1 Å². The van der Waals surface area contributed by atoms with Crippen LogP contribution in [0.1, 0.15) is 25.5 Å². The maximum absolute atomic E-state index is 11.3. The summed E-state index contributed by atoms with van der Waals surface area (Å²) < 4.78 is 5.69. The van der Waals surface area contributed by atoms with Crippen LogP contribution in [0.4, 0.5) is 0 Å². The van der Waals surface area contributed by atoms with E-state index in [2.05, 4.69) is 4.98 Å². The number of esters is 1. The molecule has 0 unspecified atom stereocenters. The lowest BCUT2D eigenvalue weighted by Crippen LogP contribution is -2.08. The fraction of sp³-hybridized carbons (Fsp3) is 0.545. The van der Waals surface area contributed by atoms with Gasteiger partial charge in [-0.2, -0.15) is 0 Å². The highest BCUT2D eigenvalue weighted by Gasteiger charge is 2.09. The highest BCUT2D eigenvalue weighted by Crippen LogP contribution is 2.22. The Balaban J connectivity index is 2.28. The van der Waals surface area contributed by atoms with Crippen molar-refractivity contribution >= 4 is 35.0 Å². The van der Waals surface area contributed by atoms with Gasteiger partial charge in [-0.25, -0.2) is 4.98 Å². The number of ether oxygens (including phenoxy) is 1. The highest BCUT2D eigenvalue weighted by molar-refractivity contribution is 8.01. The van der Waals surface area contributed by atoms with E-state index in [-0.39, 0.29) is 18.1 Å². The van der Waals surface area contributed by atoms with E-state index in [1.807, 2.05) is 6.92 Å². The summed E-state index contributed by atoms with van der Waals surface area (Å²) in [5.41, 5.74) is 0.523. The molecule has 1 N–H and O–H groups in total. The smallest absolute Gasteiger partial charge is 0.316 e. The highest BCUT2D eigenvalue weighted by atomic mass is 32.2. The van der Waals surface area contributed by atoms with Crippen LogP contribution < -0.4 is 0 Å². The second-order valence-corrected chi connectivity index (χ2v) is 5.62. The maximum Gasteiger partial charge on any atom is 0.316 e. The number of hydrogen-bond donors (Lipinski definition) is 1. The van der Waals surface area contributed by atoms with Crippen LogP contribution in [0.5, 0.6) is 0 Å². The van der Waals surface area contributed by atoms with Crippen molar-refractivity contribution in [3.05, 3.63) is 11.1 Å². The van der Waals surface area contributed by atoms with Gasteiger partial charge in [0.05, 0.1) is 24.5 Å². The SMILES string of the molecule is CCCCOC(=O)CSc1nc(CC(=O)O)cs1. The number of unbranched alkanes of at least 4 members (excludes halogenated alkanes) is 1. The predicted molar refractivity (Wildman–Crippen MR) is 70.0 cm³/mol. The lowest BCUT2D eigenvalue weighted by molar-refractivity contribution is -0.140. The third-order valence-electron chi connectivity index (χ3n) is 1.94. The molecule has 0 atom stereocenters. The Morgan fingerprint density at radius 3 is 3.00 bits per heavy atom. The van der Waals surface area contributed by atoms with Crippen molar-refractivity contribution in [3.8, 4) is 0 Å². The van der Waals surface area contributed by atoms with Crippen molar-refractivity contribution in [1.82, 2.24) is 4.98 Å². The molecule has 0 saturated carbocycles. The lowest BCUT2D eigenvalue weighted by atomic mass is 10.3. The average Bonchev–Trinajstić information content (AvgIpc) is 2.73. The van der Waals surface area contributed by atoms with Gasteiger partial charge in [0.2, 0.25) is 0 Å². The summed E-state index contributed by atoms with van der Waals surface area (Å²) in [7, 11) is 0. The number of nitrogens with zero attached hydrogens (tertiary/aromatic N) is 1. The number of hydrogen-bond acceptors (Lipinski definition) is 6. The van der Waals surface area contributed by atoms with Gasteiger partial charge >= 0.3 is 11.9 Å². The molecule has 0 aliphatic heterocycles. The Morgan fingerprint density at radius 2 is 2.33 bits per heavy atom. The second kappa shape index (κ2) is 8.10. The van der Waals surface area contributed by atoms with Gasteiger partial charge in [-0.05, 0) is 6.42 Å². The van der Waals surface area contributed by atoms with Crippen LogP contribution in [0.3, 0.4) is 0 Å². The molecule has 0 amide bonds. The molecule has 0 bridgehead atoms. The van der Waals surface area contributed by atoms with E-state index < -0.39 is 5.97 Å². The molecule has 0 aliphatic carbocycles. The number of carboxylic acid groups (broad SMARTS) is 1. The number of thiazole rings is 1. The van der Waals surface area contributed by atoms with Gasteiger partial charge in [-0.3, -0.25) is 9.59 Å². The molecule has 1 heterocycles. The van der Waals surface area contributed by atoms with Gasteiger partial charge < -0.3 is 9.84 Å². The minimum Gasteiger partial charge on any atom is -0.481 e. The molecule has 0 radical (unpaired) electrons. The summed E-state index contributed by atoms with van der Waals surface area (Å²) in [5.74, 6) is -0.955. The van der Waals surface area contributed by atoms with Gasteiger partial charge in [-0.15, -0.1) is 11.3 Å². The monoisotopic (exact) mass is 289 g/mol. The first-order valence-corrected chi connectivity index (χ1v) is 7.43. The Kier molecular flexibility index (Phi) is 6.74. The summed E-state index contributed by atoms with van der Waals surface area (Å²) in [6.45, 7) is 2.49. The molecule has 18 heavy (non-hydrogen) atoms. The number of rotatable bonds is 8. The number of thioether (sulfide) groups is 1. The molecule has 0 saturated heterocycles. The fourth-order valence-corrected chi connectivity index (χ4v) is 2.73. The van der Waals surface area contributed by atoms with Crippen molar-refractivity contribution in [3.63, 3.8) is 0 Å². The number of carbonyl (C=O) groups is 2. The number of aliphatic carboxylic acids is 1. The molecule has 0 fully saturated rings. The molecular weight excluding hydrogens is 274 g/mol. The zero-order valence-electron chi connectivity index (χ0n) is 10.0. The summed E-state index contributed by atoms with van der Waals surface area (Å²) >= 11 is 2.62. The van der Waals surface area contributed by atoms with E-state index in [0.29, 0.717) is 16.6 Å². The standard InChI is InChI=1S/C11H15NO4S2/c1-2-3-4-16-10(15)7-18-11-12-8(6-17-11)5-9(13)14/h6H,2-5,7H2,1H3,(H,13,14). The van der Waals surface area contributed by atoms with Crippen molar-refractivity contribution in [2.75, 3.05) is 12.4 Å². The molecule has 0 aliphatic rings. The molecular formula is C11H15NO4S2. The Labute approximate surface area is 114 Å². The summed E-state index contributed by atoms with van der Waals surface area (Å²) in [6.07, 6.45) is 1.78. The van der Waals surface area contributed by atoms with Gasteiger partial charge in [0, 0.05) is 5.38 Å². The minimum atomic E-state index is -0.907. The molecule has 100 valence electrons. The zero-order chi connectivity index (χ0) is 13.4. The first-order valence-electron chi connectivity index (χ1n) is 5.56. The minimum absolute atomic E-state index is 0.0853. The topological polar surface area (TPSA) is 76.5 Å². The molecule has 1 aromatic rings. The molecule has 5 nitrogen and oxygen atoms in total. The van der Waals surface area contributed by atoms with Gasteiger partial charge in [0.15, 0.2) is 4.34 Å². The van der Waals surface area contributed by atoms with E-state index >= 15 is 0 Å². The second-order valence-electron chi connectivity index (χ2n) is 3.54. The van der Waals surface area contributed by atoms with E-state index in [1.54, 1.807) is 5.38 Å². The summed E-state index contributed by atoms with van der Waals surface area (Å²) in [4.78, 5) is 25.9. The quantitative estimate of drug-likeness (QED) is 0.449. The van der Waals surface area contributed by atoms with E-state index in [9.17, 15) is 9.59 Å². The average molecular weight is 289 g/mol. The van der Waals surface area contributed by atoms with Crippen molar-refractivity contribution < 1.29 is 19.4 Å². The predicted octanol–water partition coefficient (Wildman–Crippen LogP) is 2.21. The Bertz CT molecular complexity index is 406. The molecule has 0 aromatic carbocycles. The zero-order valence-corrected chi connectivity index (χ0v) is 11.7.